The third kappa shape index (κ3) is 2.96. The SMILES string of the molecule is CCCC(NCc1cn(C)c2ccccc12)C(=O)O. The molecule has 0 saturated heterocycles. The minimum Gasteiger partial charge on any atom is -0.480 e. The van der Waals surface area contributed by atoms with Crippen LogP contribution in [-0.2, 0) is 18.4 Å². The number of hydrogen-bond acceptors (Lipinski definition) is 2. The molecule has 4 nitrogen and oxygen atoms in total. The van der Waals surface area contributed by atoms with Gasteiger partial charge in [0.15, 0.2) is 0 Å². The van der Waals surface area contributed by atoms with Gasteiger partial charge in [0, 0.05) is 30.7 Å². The highest BCUT2D eigenvalue weighted by Crippen LogP contribution is 2.20. The number of benzene rings is 1. The van der Waals surface area contributed by atoms with Crippen molar-refractivity contribution in [1.29, 1.82) is 0 Å². The normalized spacial score (nSPS) is 12.7. The van der Waals surface area contributed by atoms with Gasteiger partial charge in [0.1, 0.15) is 6.04 Å². The van der Waals surface area contributed by atoms with E-state index >= 15 is 0 Å². The predicted octanol–water partition coefficient (Wildman–Crippen LogP) is 2.52. The van der Waals surface area contributed by atoms with Crippen molar-refractivity contribution in [1.82, 2.24) is 9.88 Å². The second-order valence-electron chi connectivity index (χ2n) is 4.84. The van der Waals surface area contributed by atoms with Crippen LogP contribution in [0, 0.1) is 0 Å². The molecule has 1 aromatic carbocycles. The minimum absolute atomic E-state index is 0.469. The Kier molecular flexibility index (Phi) is 4.22. The van der Waals surface area contributed by atoms with E-state index in [2.05, 4.69) is 28.2 Å². The Bertz CT molecular complexity index is 575. The summed E-state index contributed by atoms with van der Waals surface area (Å²) in [5.41, 5.74) is 2.31. The molecule has 1 aromatic heterocycles. The van der Waals surface area contributed by atoms with Gasteiger partial charge in [-0.1, -0.05) is 31.5 Å². The van der Waals surface area contributed by atoms with Gasteiger partial charge in [0.25, 0.3) is 0 Å². The first-order valence-corrected chi connectivity index (χ1v) is 6.62. The predicted molar refractivity (Wildman–Crippen MR) is 76.1 cm³/mol. The van der Waals surface area contributed by atoms with Crippen molar-refractivity contribution in [3.05, 3.63) is 36.0 Å². The van der Waals surface area contributed by atoms with Crippen molar-refractivity contribution < 1.29 is 9.90 Å². The van der Waals surface area contributed by atoms with E-state index in [0.717, 1.165) is 12.0 Å². The smallest absolute Gasteiger partial charge is 0.320 e. The minimum atomic E-state index is -0.776. The fourth-order valence-electron chi connectivity index (χ4n) is 2.40. The molecule has 0 aliphatic heterocycles. The lowest BCUT2D eigenvalue weighted by Gasteiger charge is -2.12. The summed E-state index contributed by atoms with van der Waals surface area (Å²) in [6, 6.07) is 7.69. The number of carboxylic acid groups (broad SMARTS) is 1. The van der Waals surface area contributed by atoms with Gasteiger partial charge >= 0.3 is 5.97 Å². The number of nitrogens with zero attached hydrogens (tertiary/aromatic N) is 1. The van der Waals surface area contributed by atoms with E-state index in [0.29, 0.717) is 13.0 Å². The zero-order chi connectivity index (χ0) is 13.8. The quantitative estimate of drug-likeness (QED) is 0.839. The third-order valence-electron chi connectivity index (χ3n) is 3.39. The number of aryl methyl sites for hydroxylation is 1. The average Bonchev–Trinajstić information content (AvgIpc) is 2.72. The molecule has 0 radical (unpaired) electrons. The summed E-state index contributed by atoms with van der Waals surface area (Å²) < 4.78 is 2.07. The van der Waals surface area contributed by atoms with Crippen molar-refractivity contribution in [2.75, 3.05) is 0 Å². The Morgan fingerprint density at radius 1 is 1.42 bits per heavy atom. The lowest BCUT2D eigenvalue weighted by Crippen LogP contribution is -2.35. The van der Waals surface area contributed by atoms with E-state index in [1.54, 1.807) is 0 Å². The summed E-state index contributed by atoms with van der Waals surface area (Å²) in [6.45, 7) is 2.58. The van der Waals surface area contributed by atoms with Crippen LogP contribution in [0.2, 0.25) is 0 Å². The number of carbonyl (C=O) groups is 1. The summed E-state index contributed by atoms with van der Waals surface area (Å²) in [5.74, 6) is -0.776. The highest BCUT2D eigenvalue weighted by atomic mass is 16.4. The van der Waals surface area contributed by atoms with E-state index in [9.17, 15) is 4.79 Å². The second kappa shape index (κ2) is 5.89. The summed E-state index contributed by atoms with van der Waals surface area (Å²) in [7, 11) is 2.01. The van der Waals surface area contributed by atoms with Crippen LogP contribution in [0.15, 0.2) is 30.5 Å². The highest BCUT2D eigenvalue weighted by molar-refractivity contribution is 5.84. The van der Waals surface area contributed by atoms with E-state index in [1.807, 2.05) is 26.1 Å². The lowest BCUT2D eigenvalue weighted by molar-refractivity contribution is -0.139. The summed E-state index contributed by atoms with van der Waals surface area (Å²) >= 11 is 0. The Balaban J connectivity index is 2.15. The largest absolute Gasteiger partial charge is 0.480 e. The molecular formula is C15H20N2O2. The first-order chi connectivity index (χ1) is 9.13. The number of fused-ring (bicyclic) bond motifs is 1. The van der Waals surface area contributed by atoms with Crippen molar-refractivity contribution in [3.8, 4) is 0 Å². The standard InChI is InChI=1S/C15H20N2O2/c1-3-6-13(15(18)19)16-9-11-10-17(2)14-8-5-4-7-12(11)14/h4-5,7-8,10,13,16H,3,6,9H2,1-2H3,(H,18,19). The van der Waals surface area contributed by atoms with Crippen LogP contribution in [0.5, 0.6) is 0 Å². The fraction of sp³-hybridized carbons (Fsp3) is 0.400. The molecule has 0 saturated carbocycles. The molecule has 4 heteroatoms. The maximum atomic E-state index is 11.1. The third-order valence-corrected chi connectivity index (χ3v) is 3.39. The Labute approximate surface area is 113 Å². The number of rotatable bonds is 6. The van der Waals surface area contributed by atoms with Crippen LogP contribution in [0.1, 0.15) is 25.3 Å². The summed E-state index contributed by atoms with van der Waals surface area (Å²) in [6.07, 6.45) is 3.57. The zero-order valence-electron chi connectivity index (χ0n) is 11.4. The van der Waals surface area contributed by atoms with Crippen molar-refractivity contribution >= 4 is 16.9 Å². The monoisotopic (exact) mass is 260 g/mol. The number of aromatic nitrogens is 1. The van der Waals surface area contributed by atoms with Crippen LogP contribution < -0.4 is 5.32 Å². The topological polar surface area (TPSA) is 54.3 Å². The zero-order valence-corrected chi connectivity index (χ0v) is 11.4. The van der Waals surface area contributed by atoms with Gasteiger partial charge in [-0.15, -0.1) is 0 Å². The highest BCUT2D eigenvalue weighted by Gasteiger charge is 2.16. The van der Waals surface area contributed by atoms with Crippen LogP contribution in [0.4, 0.5) is 0 Å². The van der Waals surface area contributed by atoms with Gasteiger partial charge in [-0.25, -0.2) is 0 Å². The van der Waals surface area contributed by atoms with E-state index in [4.69, 9.17) is 5.11 Å². The lowest BCUT2D eigenvalue weighted by atomic mass is 10.1. The number of para-hydroxylation sites is 1. The molecule has 1 heterocycles. The van der Waals surface area contributed by atoms with E-state index in [-0.39, 0.29) is 0 Å². The fourth-order valence-corrected chi connectivity index (χ4v) is 2.40. The van der Waals surface area contributed by atoms with Gasteiger partial charge in [0.05, 0.1) is 0 Å². The molecule has 1 unspecified atom stereocenters. The first kappa shape index (κ1) is 13.6. The second-order valence-corrected chi connectivity index (χ2v) is 4.84. The molecule has 102 valence electrons. The van der Waals surface area contributed by atoms with Crippen molar-refractivity contribution in [3.63, 3.8) is 0 Å². The molecule has 0 aliphatic rings. The Morgan fingerprint density at radius 2 is 2.16 bits per heavy atom. The van der Waals surface area contributed by atoms with Gasteiger partial charge in [-0.2, -0.15) is 0 Å². The molecule has 1 atom stereocenters. The Morgan fingerprint density at radius 3 is 2.84 bits per heavy atom. The van der Waals surface area contributed by atoms with Crippen LogP contribution >= 0.6 is 0 Å². The Hall–Kier alpha value is -1.81. The molecule has 0 fully saturated rings. The van der Waals surface area contributed by atoms with Crippen molar-refractivity contribution in [2.24, 2.45) is 7.05 Å². The van der Waals surface area contributed by atoms with Crippen LogP contribution in [0.25, 0.3) is 10.9 Å². The molecular weight excluding hydrogens is 240 g/mol. The number of hydrogen-bond donors (Lipinski definition) is 2. The van der Waals surface area contributed by atoms with Crippen molar-refractivity contribution in [2.45, 2.75) is 32.4 Å². The van der Waals surface area contributed by atoms with Crippen LogP contribution in [0.3, 0.4) is 0 Å². The van der Waals surface area contributed by atoms with E-state index in [1.165, 1.54) is 10.9 Å². The molecule has 19 heavy (non-hydrogen) atoms. The number of aliphatic carboxylic acids is 1. The van der Waals surface area contributed by atoms with Crippen LogP contribution in [-0.4, -0.2) is 21.7 Å². The van der Waals surface area contributed by atoms with Gasteiger partial charge < -0.3 is 15.0 Å². The molecule has 0 amide bonds. The molecule has 0 bridgehead atoms. The number of carboxylic acids is 1. The summed E-state index contributed by atoms with van der Waals surface area (Å²) in [4.78, 5) is 11.1. The maximum absolute atomic E-state index is 11.1. The molecule has 0 aliphatic carbocycles. The molecule has 2 rings (SSSR count). The number of nitrogens with one attached hydrogen (secondary N) is 1. The average molecular weight is 260 g/mol. The first-order valence-electron chi connectivity index (χ1n) is 6.62. The van der Waals surface area contributed by atoms with E-state index < -0.39 is 12.0 Å². The van der Waals surface area contributed by atoms with Gasteiger partial charge in [-0.05, 0) is 18.1 Å². The van der Waals surface area contributed by atoms with Gasteiger partial charge in [-0.3, -0.25) is 4.79 Å². The summed E-state index contributed by atoms with van der Waals surface area (Å²) in [5, 5.41) is 13.4. The van der Waals surface area contributed by atoms with Gasteiger partial charge in [0.2, 0.25) is 0 Å². The molecule has 2 aromatic rings. The molecule has 2 N–H and O–H groups in total. The molecule has 0 spiro atoms. The maximum Gasteiger partial charge on any atom is 0.320 e.